The summed E-state index contributed by atoms with van der Waals surface area (Å²) >= 11 is 0. The molecule has 6 heteroatoms. The van der Waals surface area contributed by atoms with Gasteiger partial charge >= 0.3 is 5.97 Å². The van der Waals surface area contributed by atoms with E-state index in [0.29, 0.717) is 18.8 Å². The van der Waals surface area contributed by atoms with Crippen LogP contribution in [0.3, 0.4) is 0 Å². The summed E-state index contributed by atoms with van der Waals surface area (Å²) in [4.78, 5) is 17.8. The molecule has 1 aromatic carbocycles. The largest absolute Gasteiger partial charge is 0.478 e. The molecule has 1 aliphatic heterocycles. The average Bonchev–Trinajstić information content (AvgIpc) is 2.95. The summed E-state index contributed by atoms with van der Waals surface area (Å²) < 4.78 is 1.74. The number of hydrogen-bond donors (Lipinski definition) is 2. The number of nitrogens with zero attached hydrogens (tertiary/aromatic N) is 3. The van der Waals surface area contributed by atoms with Crippen molar-refractivity contribution < 1.29 is 15.0 Å². The van der Waals surface area contributed by atoms with E-state index in [1.165, 1.54) is 0 Å². The number of likely N-dealkylation sites (tertiary alicyclic amines) is 1. The van der Waals surface area contributed by atoms with E-state index in [4.69, 9.17) is 0 Å². The lowest BCUT2D eigenvalue weighted by Crippen LogP contribution is -2.37. The van der Waals surface area contributed by atoms with E-state index in [0.717, 1.165) is 25.1 Å². The minimum Gasteiger partial charge on any atom is -0.478 e. The van der Waals surface area contributed by atoms with Crippen LogP contribution in [-0.2, 0) is 6.54 Å². The minimum atomic E-state index is -0.954. The lowest BCUT2D eigenvalue weighted by atomic mass is 10.1. The first kappa shape index (κ1) is 14.7. The Hall–Kier alpha value is -2.18. The van der Waals surface area contributed by atoms with Gasteiger partial charge in [0.25, 0.3) is 0 Å². The van der Waals surface area contributed by atoms with Crippen LogP contribution in [0.2, 0.25) is 0 Å². The summed E-state index contributed by atoms with van der Waals surface area (Å²) in [5.41, 5.74) is 1.72. The zero-order valence-corrected chi connectivity index (χ0v) is 12.2. The third-order valence-corrected chi connectivity index (χ3v) is 3.91. The summed E-state index contributed by atoms with van der Waals surface area (Å²) in [6, 6.07) is 6.86. The molecule has 1 aliphatic rings. The van der Waals surface area contributed by atoms with Gasteiger partial charge in [-0.3, -0.25) is 4.90 Å². The van der Waals surface area contributed by atoms with Crippen LogP contribution in [0.25, 0.3) is 5.69 Å². The van der Waals surface area contributed by atoms with Crippen molar-refractivity contribution in [3.05, 3.63) is 48.0 Å². The summed E-state index contributed by atoms with van der Waals surface area (Å²) in [7, 11) is 0. The first-order chi connectivity index (χ1) is 10.6. The first-order valence-electron chi connectivity index (χ1n) is 7.39. The number of hydrogen-bond acceptors (Lipinski definition) is 4. The molecule has 2 aromatic rings. The molecule has 0 amide bonds. The number of aliphatic hydroxyl groups is 1. The summed E-state index contributed by atoms with van der Waals surface area (Å²) in [5.74, 6) is -0.954. The number of piperidine rings is 1. The molecular weight excluding hydrogens is 282 g/mol. The molecule has 0 bridgehead atoms. The minimum absolute atomic E-state index is 0.250. The van der Waals surface area contributed by atoms with Crippen LogP contribution in [0.1, 0.15) is 28.9 Å². The molecule has 1 aromatic heterocycles. The van der Waals surface area contributed by atoms with E-state index in [2.05, 4.69) is 9.88 Å². The second-order valence-corrected chi connectivity index (χ2v) is 5.63. The Labute approximate surface area is 128 Å². The third-order valence-electron chi connectivity index (χ3n) is 3.91. The van der Waals surface area contributed by atoms with Crippen LogP contribution >= 0.6 is 0 Å². The molecule has 2 N–H and O–H groups in total. The molecule has 1 atom stereocenters. The molecule has 3 rings (SSSR count). The Bertz CT molecular complexity index is 668. The lowest BCUT2D eigenvalue weighted by molar-refractivity contribution is 0.0661. The SMILES string of the molecule is O=C(O)c1ccccc1-n1cnc(CN2CCCC(O)C2)c1. The van der Waals surface area contributed by atoms with Crippen LogP contribution in [0.5, 0.6) is 0 Å². The molecule has 116 valence electrons. The molecular formula is C16H19N3O3. The number of carboxylic acids is 1. The molecule has 2 heterocycles. The van der Waals surface area contributed by atoms with Gasteiger partial charge in [-0.25, -0.2) is 9.78 Å². The zero-order chi connectivity index (χ0) is 15.5. The Morgan fingerprint density at radius 1 is 1.36 bits per heavy atom. The van der Waals surface area contributed by atoms with Crippen LogP contribution in [0, 0.1) is 0 Å². The van der Waals surface area contributed by atoms with Gasteiger partial charge in [0.05, 0.1) is 29.4 Å². The predicted molar refractivity (Wildman–Crippen MR) is 81.0 cm³/mol. The van der Waals surface area contributed by atoms with Crippen molar-refractivity contribution in [3.63, 3.8) is 0 Å². The molecule has 0 aliphatic carbocycles. The van der Waals surface area contributed by atoms with Gasteiger partial charge < -0.3 is 14.8 Å². The van der Waals surface area contributed by atoms with Crippen molar-refractivity contribution in [1.29, 1.82) is 0 Å². The molecule has 22 heavy (non-hydrogen) atoms. The number of aliphatic hydroxyl groups excluding tert-OH is 1. The van der Waals surface area contributed by atoms with Crippen molar-refractivity contribution >= 4 is 5.97 Å². The van der Waals surface area contributed by atoms with Crippen LogP contribution < -0.4 is 0 Å². The Morgan fingerprint density at radius 2 is 2.18 bits per heavy atom. The van der Waals surface area contributed by atoms with Crippen LogP contribution in [-0.4, -0.2) is 49.8 Å². The number of carboxylic acid groups (broad SMARTS) is 1. The third kappa shape index (κ3) is 3.18. The fourth-order valence-electron chi connectivity index (χ4n) is 2.86. The van der Waals surface area contributed by atoms with Crippen molar-refractivity contribution in [2.75, 3.05) is 13.1 Å². The van der Waals surface area contributed by atoms with E-state index in [-0.39, 0.29) is 11.7 Å². The topological polar surface area (TPSA) is 78.6 Å². The Balaban J connectivity index is 1.78. The van der Waals surface area contributed by atoms with Gasteiger partial charge in [-0.2, -0.15) is 0 Å². The second-order valence-electron chi connectivity index (χ2n) is 5.63. The normalized spacial score (nSPS) is 19.2. The molecule has 1 unspecified atom stereocenters. The smallest absolute Gasteiger partial charge is 0.337 e. The second kappa shape index (κ2) is 6.29. The molecule has 0 spiro atoms. The monoisotopic (exact) mass is 301 g/mol. The fraction of sp³-hybridized carbons (Fsp3) is 0.375. The van der Waals surface area contributed by atoms with Gasteiger partial charge in [0, 0.05) is 19.3 Å². The van der Waals surface area contributed by atoms with Gasteiger partial charge in [-0.1, -0.05) is 12.1 Å². The van der Waals surface area contributed by atoms with E-state index < -0.39 is 5.97 Å². The maximum atomic E-state index is 11.3. The number of imidazole rings is 1. The van der Waals surface area contributed by atoms with E-state index in [9.17, 15) is 15.0 Å². The number of carbonyl (C=O) groups is 1. The highest BCUT2D eigenvalue weighted by Gasteiger charge is 2.18. The summed E-state index contributed by atoms with van der Waals surface area (Å²) in [6.45, 7) is 2.29. The highest BCUT2D eigenvalue weighted by atomic mass is 16.4. The highest BCUT2D eigenvalue weighted by Crippen LogP contribution is 2.17. The summed E-state index contributed by atoms with van der Waals surface area (Å²) in [6.07, 6.45) is 5.07. The van der Waals surface area contributed by atoms with E-state index in [1.807, 2.05) is 12.3 Å². The van der Waals surface area contributed by atoms with E-state index >= 15 is 0 Å². The number of para-hydroxylation sites is 1. The van der Waals surface area contributed by atoms with Gasteiger partial charge in [-0.15, -0.1) is 0 Å². The number of rotatable bonds is 4. The molecule has 1 fully saturated rings. The molecule has 0 saturated carbocycles. The highest BCUT2D eigenvalue weighted by molar-refractivity contribution is 5.91. The van der Waals surface area contributed by atoms with E-state index in [1.54, 1.807) is 29.1 Å². The standard InChI is InChI=1S/C16H19N3O3/c20-13-4-3-7-18(10-13)8-12-9-19(11-17-12)15-6-2-1-5-14(15)16(21)22/h1-2,5-6,9,11,13,20H,3-4,7-8,10H2,(H,21,22). The number of aromatic carboxylic acids is 1. The Kier molecular flexibility index (Phi) is 4.22. The lowest BCUT2D eigenvalue weighted by Gasteiger charge is -2.29. The van der Waals surface area contributed by atoms with Crippen molar-refractivity contribution in [2.45, 2.75) is 25.5 Å². The van der Waals surface area contributed by atoms with Crippen molar-refractivity contribution in [3.8, 4) is 5.69 Å². The van der Waals surface area contributed by atoms with Crippen molar-refractivity contribution in [2.24, 2.45) is 0 Å². The number of benzene rings is 1. The molecule has 0 radical (unpaired) electrons. The van der Waals surface area contributed by atoms with Crippen molar-refractivity contribution in [1.82, 2.24) is 14.5 Å². The predicted octanol–water partition coefficient (Wildman–Crippen LogP) is 1.53. The zero-order valence-electron chi connectivity index (χ0n) is 12.2. The fourth-order valence-corrected chi connectivity index (χ4v) is 2.86. The quantitative estimate of drug-likeness (QED) is 0.895. The van der Waals surface area contributed by atoms with Gasteiger partial charge in [0.2, 0.25) is 0 Å². The van der Waals surface area contributed by atoms with Crippen LogP contribution in [0.4, 0.5) is 0 Å². The number of aromatic nitrogens is 2. The van der Waals surface area contributed by atoms with Crippen LogP contribution in [0.15, 0.2) is 36.8 Å². The van der Waals surface area contributed by atoms with Gasteiger partial charge in [0.15, 0.2) is 0 Å². The maximum absolute atomic E-state index is 11.3. The van der Waals surface area contributed by atoms with Gasteiger partial charge in [-0.05, 0) is 31.5 Å². The maximum Gasteiger partial charge on any atom is 0.337 e. The van der Waals surface area contributed by atoms with Gasteiger partial charge in [0.1, 0.15) is 0 Å². The summed E-state index contributed by atoms with van der Waals surface area (Å²) in [5, 5.41) is 19.0. The average molecular weight is 301 g/mol. The Morgan fingerprint density at radius 3 is 2.95 bits per heavy atom. The first-order valence-corrected chi connectivity index (χ1v) is 7.39. The molecule has 6 nitrogen and oxygen atoms in total. The molecule has 1 saturated heterocycles. The number of β-amino-alcohol motifs (C(OH)–C–C–N with tert-alkyl or cyclic N) is 1.